The zero-order valence-corrected chi connectivity index (χ0v) is 18.8. The number of likely N-dealkylation sites (tertiary alicyclic amines) is 1. The van der Waals surface area contributed by atoms with Crippen LogP contribution in [0.2, 0.25) is 5.02 Å². The fourth-order valence-electron chi connectivity index (χ4n) is 4.91. The average Bonchev–Trinajstić information content (AvgIpc) is 2.77. The highest BCUT2D eigenvalue weighted by Gasteiger charge is 2.39. The molecule has 0 amide bonds. The molecule has 0 unspecified atom stereocenters. The van der Waals surface area contributed by atoms with Crippen molar-refractivity contribution in [2.75, 3.05) is 33.4 Å². The average molecular weight is 429 g/mol. The Balaban J connectivity index is 1.44. The summed E-state index contributed by atoms with van der Waals surface area (Å²) < 4.78 is 12.1. The van der Waals surface area contributed by atoms with Crippen LogP contribution in [-0.2, 0) is 22.4 Å². The van der Waals surface area contributed by atoms with Crippen LogP contribution in [0, 0.1) is 0 Å². The van der Waals surface area contributed by atoms with E-state index in [9.17, 15) is 0 Å². The molecule has 4 rings (SSSR count). The van der Waals surface area contributed by atoms with Crippen molar-refractivity contribution in [1.82, 2.24) is 9.80 Å². The Bertz CT molecular complexity index is 785. The van der Waals surface area contributed by atoms with E-state index in [-0.39, 0.29) is 12.2 Å². The lowest BCUT2D eigenvalue weighted by molar-refractivity contribution is -0.115. The SMILES string of the molecule is CO[C@H]1CN(Cc2ccccc2)CC[C@@H]1N1C[C@H](C)OC[C@@H]1Cc1ccc(Cl)cc1. The Morgan fingerprint density at radius 1 is 1.03 bits per heavy atom. The third-order valence-electron chi connectivity index (χ3n) is 6.48. The van der Waals surface area contributed by atoms with E-state index in [1.54, 1.807) is 0 Å². The molecule has 2 aliphatic heterocycles. The number of nitrogens with zero attached hydrogens (tertiary/aromatic N) is 2. The zero-order valence-electron chi connectivity index (χ0n) is 18.0. The Kier molecular flexibility index (Phi) is 7.45. The van der Waals surface area contributed by atoms with E-state index in [4.69, 9.17) is 21.1 Å². The van der Waals surface area contributed by atoms with E-state index in [1.807, 2.05) is 19.2 Å². The lowest BCUT2D eigenvalue weighted by atomic mass is 9.94. The summed E-state index contributed by atoms with van der Waals surface area (Å²) in [6, 6.07) is 19.7. The van der Waals surface area contributed by atoms with E-state index < -0.39 is 0 Å². The molecule has 2 aliphatic rings. The Morgan fingerprint density at radius 3 is 2.53 bits per heavy atom. The molecule has 0 aromatic heterocycles. The molecule has 162 valence electrons. The number of hydrogen-bond donors (Lipinski definition) is 0. The van der Waals surface area contributed by atoms with Crippen molar-refractivity contribution in [2.24, 2.45) is 0 Å². The third-order valence-corrected chi connectivity index (χ3v) is 6.73. The third kappa shape index (κ3) is 5.43. The zero-order chi connectivity index (χ0) is 20.9. The highest BCUT2D eigenvalue weighted by molar-refractivity contribution is 6.30. The highest BCUT2D eigenvalue weighted by atomic mass is 35.5. The van der Waals surface area contributed by atoms with Crippen LogP contribution in [0.5, 0.6) is 0 Å². The van der Waals surface area contributed by atoms with E-state index in [2.05, 4.69) is 59.2 Å². The van der Waals surface area contributed by atoms with Gasteiger partial charge in [0.2, 0.25) is 0 Å². The molecule has 0 N–H and O–H groups in total. The first-order chi connectivity index (χ1) is 14.6. The van der Waals surface area contributed by atoms with Gasteiger partial charge in [-0.3, -0.25) is 9.80 Å². The van der Waals surface area contributed by atoms with Crippen molar-refractivity contribution in [3.8, 4) is 0 Å². The van der Waals surface area contributed by atoms with Crippen LogP contribution in [0.15, 0.2) is 54.6 Å². The largest absolute Gasteiger partial charge is 0.378 e. The first kappa shape index (κ1) is 21.8. The minimum atomic E-state index is 0.209. The molecule has 0 radical (unpaired) electrons. The summed E-state index contributed by atoms with van der Waals surface area (Å²) in [6.45, 7) is 6.96. The maximum Gasteiger partial charge on any atom is 0.0853 e. The van der Waals surface area contributed by atoms with Gasteiger partial charge in [-0.2, -0.15) is 0 Å². The van der Waals surface area contributed by atoms with Crippen molar-refractivity contribution in [3.05, 3.63) is 70.7 Å². The van der Waals surface area contributed by atoms with Crippen LogP contribution < -0.4 is 0 Å². The molecule has 2 saturated heterocycles. The van der Waals surface area contributed by atoms with Crippen LogP contribution in [0.1, 0.15) is 24.5 Å². The summed E-state index contributed by atoms with van der Waals surface area (Å²) in [5.41, 5.74) is 2.68. The normalized spacial score (nSPS) is 28.5. The monoisotopic (exact) mass is 428 g/mol. The summed E-state index contributed by atoms with van der Waals surface area (Å²) in [4.78, 5) is 5.19. The molecule has 2 heterocycles. The topological polar surface area (TPSA) is 24.9 Å². The summed E-state index contributed by atoms with van der Waals surface area (Å²) >= 11 is 6.08. The van der Waals surface area contributed by atoms with Gasteiger partial charge in [-0.25, -0.2) is 0 Å². The van der Waals surface area contributed by atoms with Crippen LogP contribution in [0.3, 0.4) is 0 Å². The van der Waals surface area contributed by atoms with Crippen molar-refractivity contribution >= 4 is 11.6 Å². The van der Waals surface area contributed by atoms with Crippen LogP contribution in [0.4, 0.5) is 0 Å². The first-order valence-electron chi connectivity index (χ1n) is 11.0. The number of hydrogen-bond acceptors (Lipinski definition) is 4. The fourth-order valence-corrected chi connectivity index (χ4v) is 5.04. The second-order valence-corrected chi connectivity index (χ2v) is 9.11. The maximum absolute atomic E-state index is 6.08. The van der Waals surface area contributed by atoms with E-state index >= 15 is 0 Å². The standard InChI is InChI=1S/C25H33ClN2O2/c1-19-15-28(23(18-30-19)14-20-8-10-22(26)11-9-20)24-12-13-27(17-25(24)29-2)16-21-6-4-3-5-7-21/h3-11,19,23-25H,12-18H2,1-2H3/t19-,23-,24-,25-/m0/s1. The smallest absolute Gasteiger partial charge is 0.0853 e. The lowest BCUT2D eigenvalue weighted by Gasteiger charge is -2.49. The number of halogens is 1. The molecular weight excluding hydrogens is 396 g/mol. The Hall–Kier alpha value is -1.43. The van der Waals surface area contributed by atoms with E-state index in [1.165, 1.54) is 11.1 Å². The molecule has 4 nitrogen and oxygen atoms in total. The van der Waals surface area contributed by atoms with Crippen molar-refractivity contribution in [3.63, 3.8) is 0 Å². The first-order valence-corrected chi connectivity index (χ1v) is 11.4. The van der Waals surface area contributed by atoms with Gasteiger partial charge in [-0.15, -0.1) is 0 Å². The predicted molar refractivity (Wildman–Crippen MR) is 122 cm³/mol. The molecule has 2 fully saturated rings. The molecule has 0 spiro atoms. The minimum absolute atomic E-state index is 0.209. The Labute approximate surface area is 185 Å². The Morgan fingerprint density at radius 2 is 1.80 bits per heavy atom. The predicted octanol–water partition coefficient (Wildman–Crippen LogP) is 4.26. The molecule has 5 heteroatoms. The van der Waals surface area contributed by atoms with Crippen molar-refractivity contribution in [2.45, 2.75) is 50.6 Å². The van der Waals surface area contributed by atoms with Crippen molar-refractivity contribution in [1.29, 1.82) is 0 Å². The number of piperidine rings is 1. The van der Waals surface area contributed by atoms with Gasteiger partial charge in [0.25, 0.3) is 0 Å². The summed E-state index contributed by atoms with van der Waals surface area (Å²) in [5.74, 6) is 0. The number of ether oxygens (including phenoxy) is 2. The van der Waals surface area contributed by atoms with E-state index in [0.29, 0.717) is 12.1 Å². The van der Waals surface area contributed by atoms with Crippen LogP contribution >= 0.6 is 11.6 Å². The van der Waals surface area contributed by atoms with Gasteiger partial charge in [0.15, 0.2) is 0 Å². The summed E-state index contributed by atoms with van der Waals surface area (Å²) in [7, 11) is 1.86. The van der Waals surface area contributed by atoms with Gasteiger partial charge < -0.3 is 9.47 Å². The second-order valence-electron chi connectivity index (χ2n) is 8.68. The number of rotatable bonds is 6. The quantitative estimate of drug-likeness (QED) is 0.686. The molecule has 30 heavy (non-hydrogen) atoms. The molecule has 4 atom stereocenters. The molecule has 0 saturated carbocycles. The molecular formula is C25H33ClN2O2. The molecule has 0 bridgehead atoms. The van der Waals surface area contributed by atoms with Gasteiger partial charge in [-0.05, 0) is 43.0 Å². The van der Waals surface area contributed by atoms with E-state index in [0.717, 1.165) is 50.7 Å². The van der Waals surface area contributed by atoms with Gasteiger partial charge in [0.05, 0.1) is 18.8 Å². The van der Waals surface area contributed by atoms with Gasteiger partial charge in [0.1, 0.15) is 0 Å². The van der Waals surface area contributed by atoms with Gasteiger partial charge >= 0.3 is 0 Å². The number of methoxy groups -OCH3 is 1. The van der Waals surface area contributed by atoms with Gasteiger partial charge in [0, 0.05) is 50.4 Å². The molecule has 2 aromatic carbocycles. The number of benzene rings is 2. The van der Waals surface area contributed by atoms with Crippen LogP contribution in [0.25, 0.3) is 0 Å². The lowest BCUT2D eigenvalue weighted by Crippen LogP contribution is -2.61. The van der Waals surface area contributed by atoms with Crippen molar-refractivity contribution < 1.29 is 9.47 Å². The summed E-state index contributed by atoms with van der Waals surface area (Å²) in [6.07, 6.45) is 2.56. The van der Waals surface area contributed by atoms with Crippen LogP contribution in [-0.4, -0.2) is 67.4 Å². The number of morpholine rings is 1. The maximum atomic E-state index is 6.08. The molecule has 0 aliphatic carbocycles. The fraction of sp³-hybridized carbons (Fsp3) is 0.520. The molecule has 2 aromatic rings. The minimum Gasteiger partial charge on any atom is -0.378 e. The highest BCUT2D eigenvalue weighted by Crippen LogP contribution is 2.27. The second kappa shape index (κ2) is 10.3. The van der Waals surface area contributed by atoms with Gasteiger partial charge in [-0.1, -0.05) is 54.1 Å². The summed E-state index contributed by atoms with van der Waals surface area (Å²) in [5, 5.41) is 0.786.